The van der Waals surface area contributed by atoms with Crippen LogP contribution in [0.3, 0.4) is 0 Å². The van der Waals surface area contributed by atoms with Crippen molar-refractivity contribution in [1.82, 2.24) is 14.8 Å². The Kier molecular flexibility index (Phi) is 5.51. The standard InChI is InChI=1S/C20H24N4O2/c1-2-17-14-23(20(26)16-8-9-18(21)22-12-16)11-10-19(25)24(17)13-15-6-4-3-5-7-15/h3-9,12,17H,2,10-11,13-14H2,1H3,(H2,21,22)/t17-/m0/s1. The normalized spacial score (nSPS) is 17.9. The number of hydrogen-bond donors (Lipinski definition) is 1. The molecule has 1 aromatic heterocycles. The van der Waals surface area contributed by atoms with Crippen LogP contribution in [-0.4, -0.2) is 45.7 Å². The zero-order valence-corrected chi connectivity index (χ0v) is 15.0. The molecule has 1 aliphatic rings. The van der Waals surface area contributed by atoms with Gasteiger partial charge in [0.05, 0.1) is 5.56 Å². The summed E-state index contributed by atoms with van der Waals surface area (Å²) in [7, 11) is 0. The Hall–Kier alpha value is -2.89. The molecule has 1 atom stereocenters. The molecule has 2 heterocycles. The van der Waals surface area contributed by atoms with Gasteiger partial charge in [0, 0.05) is 38.3 Å². The number of rotatable bonds is 4. The highest BCUT2D eigenvalue weighted by Crippen LogP contribution is 2.19. The average Bonchev–Trinajstić information content (AvgIpc) is 2.82. The largest absolute Gasteiger partial charge is 0.384 e. The highest BCUT2D eigenvalue weighted by molar-refractivity contribution is 5.94. The van der Waals surface area contributed by atoms with Crippen LogP contribution in [0.1, 0.15) is 35.7 Å². The summed E-state index contributed by atoms with van der Waals surface area (Å²) in [6.45, 7) is 3.57. The zero-order chi connectivity index (χ0) is 18.5. The second kappa shape index (κ2) is 7.99. The van der Waals surface area contributed by atoms with Crippen molar-refractivity contribution < 1.29 is 9.59 Å². The molecule has 3 rings (SSSR count). The van der Waals surface area contributed by atoms with E-state index in [0.717, 1.165) is 12.0 Å². The van der Waals surface area contributed by atoms with E-state index in [2.05, 4.69) is 11.9 Å². The summed E-state index contributed by atoms with van der Waals surface area (Å²) in [6.07, 6.45) is 2.62. The van der Waals surface area contributed by atoms with Gasteiger partial charge >= 0.3 is 0 Å². The lowest BCUT2D eigenvalue weighted by Gasteiger charge is -2.31. The minimum atomic E-state index is -0.106. The molecule has 1 fully saturated rings. The van der Waals surface area contributed by atoms with Gasteiger partial charge < -0.3 is 15.5 Å². The molecule has 0 unspecified atom stereocenters. The van der Waals surface area contributed by atoms with E-state index >= 15 is 0 Å². The highest BCUT2D eigenvalue weighted by atomic mass is 16.2. The fourth-order valence-corrected chi connectivity index (χ4v) is 3.27. The minimum Gasteiger partial charge on any atom is -0.384 e. The highest BCUT2D eigenvalue weighted by Gasteiger charge is 2.31. The first-order valence-electron chi connectivity index (χ1n) is 8.92. The van der Waals surface area contributed by atoms with Crippen LogP contribution in [0.4, 0.5) is 5.82 Å². The molecule has 1 aliphatic heterocycles. The van der Waals surface area contributed by atoms with Gasteiger partial charge in [0.15, 0.2) is 0 Å². The number of carbonyl (C=O) groups excluding carboxylic acids is 2. The zero-order valence-electron chi connectivity index (χ0n) is 15.0. The number of nitrogens with zero attached hydrogens (tertiary/aromatic N) is 3. The molecule has 2 N–H and O–H groups in total. The van der Waals surface area contributed by atoms with Crippen molar-refractivity contribution in [3.8, 4) is 0 Å². The van der Waals surface area contributed by atoms with Crippen molar-refractivity contribution in [3.63, 3.8) is 0 Å². The number of aromatic nitrogens is 1. The number of amides is 2. The maximum absolute atomic E-state index is 12.8. The van der Waals surface area contributed by atoms with Gasteiger partial charge in [-0.2, -0.15) is 0 Å². The van der Waals surface area contributed by atoms with Crippen LogP contribution in [0.15, 0.2) is 48.7 Å². The first kappa shape index (κ1) is 17.9. The van der Waals surface area contributed by atoms with Crippen molar-refractivity contribution in [3.05, 3.63) is 59.8 Å². The molecule has 6 heteroatoms. The molecular weight excluding hydrogens is 328 g/mol. The van der Waals surface area contributed by atoms with Gasteiger partial charge in [0.2, 0.25) is 5.91 Å². The topological polar surface area (TPSA) is 79.5 Å². The molecule has 0 bridgehead atoms. The number of anilines is 1. The Labute approximate surface area is 153 Å². The number of nitrogen functional groups attached to an aromatic ring is 1. The molecule has 1 aromatic carbocycles. The third kappa shape index (κ3) is 4.02. The lowest BCUT2D eigenvalue weighted by molar-refractivity contribution is -0.133. The molecule has 0 saturated carbocycles. The van der Waals surface area contributed by atoms with Gasteiger partial charge in [-0.05, 0) is 24.1 Å². The summed E-state index contributed by atoms with van der Waals surface area (Å²) in [5, 5.41) is 0. The van der Waals surface area contributed by atoms with Crippen LogP contribution in [0.2, 0.25) is 0 Å². The third-order valence-electron chi connectivity index (χ3n) is 4.78. The summed E-state index contributed by atoms with van der Waals surface area (Å²) in [4.78, 5) is 33.2. The van der Waals surface area contributed by atoms with Crippen molar-refractivity contribution in [1.29, 1.82) is 0 Å². The molecule has 1 saturated heterocycles. The summed E-state index contributed by atoms with van der Waals surface area (Å²) in [5.74, 6) is 0.366. The Bertz CT molecular complexity index is 761. The van der Waals surface area contributed by atoms with E-state index in [4.69, 9.17) is 5.73 Å². The molecule has 136 valence electrons. The summed E-state index contributed by atoms with van der Waals surface area (Å²) < 4.78 is 0. The molecule has 2 aromatic rings. The van der Waals surface area contributed by atoms with E-state index < -0.39 is 0 Å². The van der Waals surface area contributed by atoms with Crippen LogP contribution in [0, 0.1) is 0 Å². The average molecular weight is 352 g/mol. The fraction of sp³-hybridized carbons (Fsp3) is 0.350. The number of benzene rings is 1. The molecule has 0 spiro atoms. The van der Waals surface area contributed by atoms with E-state index in [1.54, 1.807) is 17.0 Å². The Balaban J connectivity index is 1.77. The van der Waals surface area contributed by atoms with E-state index in [1.807, 2.05) is 35.2 Å². The predicted octanol–water partition coefficient (Wildman–Crippen LogP) is 2.32. The van der Waals surface area contributed by atoms with Crippen LogP contribution < -0.4 is 5.73 Å². The maximum atomic E-state index is 12.8. The second-order valence-corrected chi connectivity index (χ2v) is 6.54. The van der Waals surface area contributed by atoms with Gasteiger partial charge in [-0.3, -0.25) is 9.59 Å². The minimum absolute atomic E-state index is 0.00380. The summed E-state index contributed by atoms with van der Waals surface area (Å²) >= 11 is 0. The van der Waals surface area contributed by atoms with Crippen LogP contribution >= 0.6 is 0 Å². The van der Waals surface area contributed by atoms with Crippen LogP contribution in [0.25, 0.3) is 0 Å². The van der Waals surface area contributed by atoms with Gasteiger partial charge in [-0.15, -0.1) is 0 Å². The predicted molar refractivity (Wildman–Crippen MR) is 100 cm³/mol. The van der Waals surface area contributed by atoms with Crippen LogP contribution in [0.5, 0.6) is 0 Å². The number of pyridine rings is 1. The van der Waals surface area contributed by atoms with E-state index in [-0.39, 0.29) is 17.9 Å². The molecule has 0 radical (unpaired) electrons. The van der Waals surface area contributed by atoms with Gasteiger partial charge in [0.25, 0.3) is 5.91 Å². The Morgan fingerprint density at radius 1 is 1.23 bits per heavy atom. The van der Waals surface area contributed by atoms with Crippen molar-refractivity contribution in [2.24, 2.45) is 0 Å². The van der Waals surface area contributed by atoms with Gasteiger partial charge in [0.1, 0.15) is 5.82 Å². The maximum Gasteiger partial charge on any atom is 0.255 e. The molecule has 26 heavy (non-hydrogen) atoms. The van der Waals surface area contributed by atoms with Crippen molar-refractivity contribution in [2.75, 3.05) is 18.8 Å². The first-order valence-corrected chi connectivity index (χ1v) is 8.92. The van der Waals surface area contributed by atoms with Crippen molar-refractivity contribution >= 4 is 17.6 Å². The van der Waals surface area contributed by atoms with E-state index in [0.29, 0.717) is 37.4 Å². The van der Waals surface area contributed by atoms with Gasteiger partial charge in [-0.25, -0.2) is 4.98 Å². The van der Waals surface area contributed by atoms with E-state index in [1.165, 1.54) is 6.20 Å². The fourth-order valence-electron chi connectivity index (χ4n) is 3.27. The number of nitrogens with two attached hydrogens (primary N) is 1. The van der Waals surface area contributed by atoms with E-state index in [9.17, 15) is 9.59 Å². The first-order chi connectivity index (χ1) is 12.6. The molecule has 6 nitrogen and oxygen atoms in total. The SMILES string of the molecule is CC[C@H]1CN(C(=O)c2ccc(N)nc2)CCC(=O)N1Cc1ccccc1. The summed E-state index contributed by atoms with van der Waals surface area (Å²) in [5.41, 5.74) is 7.19. The quantitative estimate of drug-likeness (QED) is 0.916. The van der Waals surface area contributed by atoms with Crippen molar-refractivity contribution in [2.45, 2.75) is 32.4 Å². The molecule has 0 aliphatic carbocycles. The van der Waals surface area contributed by atoms with Crippen LogP contribution in [-0.2, 0) is 11.3 Å². The lowest BCUT2D eigenvalue weighted by Crippen LogP contribution is -2.43. The number of hydrogen-bond acceptors (Lipinski definition) is 4. The molecular formula is C20H24N4O2. The van der Waals surface area contributed by atoms with Gasteiger partial charge in [-0.1, -0.05) is 37.3 Å². The number of carbonyl (C=O) groups is 2. The Morgan fingerprint density at radius 3 is 2.65 bits per heavy atom. The monoisotopic (exact) mass is 352 g/mol. The second-order valence-electron chi connectivity index (χ2n) is 6.54. The lowest BCUT2D eigenvalue weighted by atomic mass is 10.1. The smallest absolute Gasteiger partial charge is 0.255 e. The molecule has 2 amide bonds. The summed E-state index contributed by atoms with van der Waals surface area (Å²) in [6, 6.07) is 13.3. The third-order valence-corrected chi connectivity index (χ3v) is 4.78. The Morgan fingerprint density at radius 2 is 2.00 bits per heavy atom.